The average Bonchev–Trinajstić information content (AvgIpc) is 2.20. The van der Waals surface area contributed by atoms with Crippen LogP contribution in [0.2, 0.25) is 0 Å². The van der Waals surface area contributed by atoms with Gasteiger partial charge in [-0.1, -0.05) is 38.5 Å². The van der Waals surface area contributed by atoms with Crippen LogP contribution in [0.5, 0.6) is 0 Å². The van der Waals surface area contributed by atoms with E-state index in [4.69, 9.17) is 9.05 Å². The molecule has 1 fully saturated rings. The second-order valence-electron chi connectivity index (χ2n) is 3.78. The van der Waals surface area contributed by atoms with E-state index in [0.29, 0.717) is 13.2 Å². The van der Waals surface area contributed by atoms with Crippen molar-refractivity contribution in [3.8, 4) is 0 Å². The van der Waals surface area contributed by atoms with Gasteiger partial charge < -0.3 is 9.05 Å². The van der Waals surface area contributed by atoms with Gasteiger partial charge in [0.2, 0.25) is 0 Å². The van der Waals surface area contributed by atoms with Crippen LogP contribution in [0.15, 0.2) is 0 Å². The van der Waals surface area contributed by atoms with Gasteiger partial charge in [-0.3, -0.25) is 4.57 Å². The quantitative estimate of drug-likeness (QED) is 0.586. The molecule has 3 nitrogen and oxygen atoms in total. The summed E-state index contributed by atoms with van der Waals surface area (Å²) in [5.74, 6) is 0. The van der Waals surface area contributed by atoms with Gasteiger partial charge in [-0.15, -0.1) is 0 Å². The molecule has 0 aromatic heterocycles. The van der Waals surface area contributed by atoms with Crippen molar-refractivity contribution < 1.29 is 13.6 Å². The van der Waals surface area contributed by atoms with E-state index in [0.717, 1.165) is 12.8 Å². The normalized spacial score (nSPS) is 24.6. The molecule has 0 N–H and O–H groups in total. The lowest BCUT2D eigenvalue weighted by Gasteiger charge is -2.04. The van der Waals surface area contributed by atoms with Gasteiger partial charge in [0.1, 0.15) is 0 Å². The molecule has 1 rings (SSSR count). The summed E-state index contributed by atoms with van der Waals surface area (Å²) in [6.45, 7) is 1.19. The molecule has 0 unspecified atom stereocenters. The number of hydrogen-bond acceptors (Lipinski definition) is 3. The lowest BCUT2D eigenvalue weighted by molar-refractivity contribution is 0.220. The van der Waals surface area contributed by atoms with E-state index in [1.165, 1.54) is 38.5 Å². The van der Waals surface area contributed by atoms with Crippen LogP contribution in [0.4, 0.5) is 0 Å². The van der Waals surface area contributed by atoms with E-state index in [1.54, 1.807) is 0 Å². The Balaban J connectivity index is 2.15. The van der Waals surface area contributed by atoms with Crippen LogP contribution in [0.25, 0.3) is 0 Å². The molecule has 0 aromatic carbocycles. The maximum atomic E-state index is 11.1. The maximum absolute atomic E-state index is 11.1. The van der Waals surface area contributed by atoms with Crippen LogP contribution < -0.4 is 0 Å². The standard InChI is InChI=1S/C10H21O3P/c11-14-12-9-7-5-3-1-2-4-6-8-10-13-14/h14H,1-10H2. The van der Waals surface area contributed by atoms with Crippen molar-refractivity contribution in [1.82, 2.24) is 0 Å². The van der Waals surface area contributed by atoms with Crippen molar-refractivity contribution in [2.24, 2.45) is 0 Å². The molecule has 1 aliphatic rings. The van der Waals surface area contributed by atoms with Crippen molar-refractivity contribution in [3.63, 3.8) is 0 Å². The summed E-state index contributed by atoms with van der Waals surface area (Å²) in [7, 11) is -2.18. The van der Waals surface area contributed by atoms with Gasteiger partial charge in [0.05, 0.1) is 13.2 Å². The lowest BCUT2D eigenvalue weighted by Crippen LogP contribution is -1.90. The highest BCUT2D eigenvalue weighted by Gasteiger charge is 2.01. The molecule has 0 aliphatic carbocycles. The topological polar surface area (TPSA) is 35.5 Å². The fourth-order valence-corrected chi connectivity index (χ4v) is 2.32. The fraction of sp³-hybridized carbons (Fsp3) is 1.00. The van der Waals surface area contributed by atoms with Gasteiger partial charge in [-0.25, -0.2) is 0 Å². The molecule has 1 heterocycles. The SMILES string of the molecule is O=[PH]1OCCCCCCCCCCO1. The second-order valence-corrected chi connectivity index (χ2v) is 4.85. The highest BCUT2D eigenvalue weighted by atomic mass is 31.1. The van der Waals surface area contributed by atoms with Crippen LogP contribution in [0, 0.1) is 0 Å². The second kappa shape index (κ2) is 8.46. The summed E-state index contributed by atoms with van der Waals surface area (Å²) in [6, 6.07) is 0. The minimum atomic E-state index is -2.18. The molecule has 0 aromatic rings. The minimum absolute atomic E-state index is 0.595. The van der Waals surface area contributed by atoms with Crippen molar-refractivity contribution in [1.29, 1.82) is 0 Å². The summed E-state index contributed by atoms with van der Waals surface area (Å²) < 4.78 is 21.3. The van der Waals surface area contributed by atoms with Crippen LogP contribution >= 0.6 is 8.25 Å². The third kappa shape index (κ3) is 6.58. The average molecular weight is 220 g/mol. The highest BCUT2D eigenvalue weighted by molar-refractivity contribution is 7.33. The van der Waals surface area contributed by atoms with E-state index in [-0.39, 0.29) is 0 Å². The van der Waals surface area contributed by atoms with E-state index in [1.807, 2.05) is 0 Å². The van der Waals surface area contributed by atoms with Gasteiger partial charge in [0, 0.05) is 0 Å². The van der Waals surface area contributed by atoms with E-state index < -0.39 is 8.25 Å². The zero-order valence-electron chi connectivity index (χ0n) is 8.80. The summed E-state index contributed by atoms with van der Waals surface area (Å²) in [6.07, 6.45) is 9.63. The maximum Gasteiger partial charge on any atom is 0.319 e. The third-order valence-electron chi connectivity index (χ3n) is 2.48. The molecule has 0 saturated carbocycles. The summed E-state index contributed by atoms with van der Waals surface area (Å²) in [5, 5.41) is 0. The van der Waals surface area contributed by atoms with Gasteiger partial charge >= 0.3 is 8.25 Å². The van der Waals surface area contributed by atoms with Crippen molar-refractivity contribution in [2.75, 3.05) is 13.2 Å². The zero-order chi connectivity index (χ0) is 10.1. The molecule has 84 valence electrons. The van der Waals surface area contributed by atoms with Crippen molar-refractivity contribution >= 4 is 8.25 Å². The first-order valence-corrected chi connectivity index (χ1v) is 6.91. The molecule has 0 spiro atoms. The molecular formula is C10H21O3P. The minimum Gasteiger partial charge on any atom is -0.311 e. The van der Waals surface area contributed by atoms with Crippen LogP contribution in [-0.4, -0.2) is 13.2 Å². The fourth-order valence-electron chi connectivity index (χ4n) is 1.62. The van der Waals surface area contributed by atoms with Gasteiger partial charge in [0.25, 0.3) is 0 Å². The molecule has 1 saturated heterocycles. The highest BCUT2D eigenvalue weighted by Crippen LogP contribution is 2.25. The Labute approximate surface area is 87.1 Å². The zero-order valence-corrected chi connectivity index (χ0v) is 9.80. The molecule has 0 bridgehead atoms. The first-order chi connectivity index (χ1) is 6.89. The Morgan fingerprint density at radius 1 is 0.643 bits per heavy atom. The largest absolute Gasteiger partial charge is 0.319 e. The van der Waals surface area contributed by atoms with Gasteiger partial charge in [-0.05, 0) is 12.8 Å². The Hall–Kier alpha value is 0.150. The Morgan fingerprint density at radius 3 is 1.43 bits per heavy atom. The monoisotopic (exact) mass is 220 g/mol. The Morgan fingerprint density at radius 2 is 1.00 bits per heavy atom. The van der Waals surface area contributed by atoms with Crippen molar-refractivity contribution in [3.05, 3.63) is 0 Å². The lowest BCUT2D eigenvalue weighted by atomic mass is 10.1. The van der Waals surface area contributed by atoms with Crippen LogP contribution in [0.3, 0.4) is 0 Å². The Bertz CT molecular complexity index is 145. The van der Waals surface area contributed by atoms with Gasteiger partial charge in [0.15, 0.2) is 0 Å². The summed E-state index contributed by atoms with van der Waals surface area (Å²) >= 11 is 0. The van der Waals surface area contributed by atoms with E-state index in [2.05, 4.69) is 0 Å². The molecule has 0 amide bonds. The van der Waals surface area contributed by atoms with Crippen molar-refractivity contribution in [2.45, 2.75) is 51.4 Å². The first-order valence-electron chi connectivity index (χ1n) is 5.69. The predicted molar refractivity (Wildman–Crippen MR) is 57.8 cm³/mol. The smallest absolute Gasteiger partial charge is 0.311 e. The van der Waals surface area contributed by atoms with Gasteiger partial charge in [-0.2, -0.15) is 0 Å². The molecule has 4 heteroatoms. The molecule has 0 radical (unpaired) electrons. The van der Waals surface area contributed by atoms with E-state index >= 15 is 0 Å². The molecule has 1 aliphatic heterocycles. The van der Waals surface area contributed by atoms with Crippen LogP contribution in [0.1, 0.15) is 51.4 Å². The number of hydrogen-bond donors (Lipinski definition) is 0. The molecular weight excluding hydrogens is 199 g/mol. The third-order valence-corrected chi connectivity index (χ3v) is 3.36. The first kappa shape index (κ1) is 12.2. The summed E-state index contributed by atoms with van der Waals surface area (Å²) in [4.78, 5) is 0. The summed E-state index contributed by atoms with van der Waals surface area (Å²) in [5.41, 5.74) is 0. The predicted octanol–water partition coefficient (Wildman–Crippen LogP) is 3.54. The number of rotatable bonds is 0. The molecule has 0 atom stereocenters. The van der Waals surface area contributed by atoms with Crippen LogP contribution in [-0.2, 0) is 13.6 Å². The molecule has 14 heavy (non-hydrogen) atoms. The Kier molecular flexibility index (Phi) is 7.38. The van der Waals surface area contributed by atoms with E-state index in [9.17, 15) is 4.57 Å².